The molecule has 3 aromatic carbocycles. The van der Waals surface area contributed by atoms with Gasteiger partial charge in [0.15, 0.2) is 0 Å². The maximum Gasteiger partial charge on any atom is 0.335 e. The quantitative estimate of drug-likeness (QED) is 0.187. The van der Waals surface area contributed by atoms with Crippen LogP contribution in [0.15, 0.2) is 66.7 Å². The first-order chi connectivity index (χ1) is 19.9. The number of aromatic carboxylic acids is 1. The molecule has 1 saturated carbocycles. The highest BCUT2D eigenvalue weighted by Gasteiger charge is 2.17. The summed E-state index contributed by atoms with van der Waals surface area (Å²) in [5, 5.41) is 18.2. The Balaban J connectivity index is 1.38. The monoisotopic (exact) mass is 561 g/mol. The van der Waals surface area contributed by atoms with Gasteiger partial charge in [-0.2, -0.15) is 0 Å². The summed E-state index contributed by atoms with van der Waals surface area (Å²) in [5.74, 6) is -0.797. The third-order valence-electron chi connectivity index (χ3n) is 7.93. The minimum Gasteiger partial charge on any atom is -0.489 e. The number of carboxylic acid groups (broad SMARTS) is 2. The molecule has 0 amide bonds. The van der Waals surface area contributed by atoms with Crippen molar-refractivity contribution in [3.63, 3.8) is 0 Å². The Morgan fingerprint density at radius 2 is 1.63 bits per heavy atom. The molecule has 218 valence electrons. The van der Waals surface area contributed by atoms with Crippen molar-refractivity contribution in [2.45, 2.75) is 76.9 Å². The summed E-state index contributed by atoms with van der Waals surface area (Å²) in [6, 6.07) is 20.2. The van der Waals surface area contributed by atoms with Gasteiger partial charge in [0.25, 0.3) is 0 Å². The van der Waals surface area contributed by atoms with Gasteiger partial charge < -0.3 is 14.9 Å². The summed E-state index contributed by atoms with van der Waals surface area (Å²) >= 11 is 0. The van der Waals surface area contributed by atoms with Gasteiger partial charge in [0.2, 0.25) is 0 Å². The number of carbonyl (C=O) groups is 2. The number of hydrogen-bond acceptors (Lipinski definition) is 4. The van der Waals surface area contributed by atoms with Crippen LogP contribution < -0.4 is 4.74 Å². The predicted octanol–water partition coefficient (Wildman–Crippen LogP) is 7.45. The fourth-order valence-corrected chi connectivity index (χ4v) is 5.55. The zero-order valence-corrected chi connectivity index (χ0v) is 23.6. The Hall–Kier alpha value is -3.71. The summed E-state index contributed by atoms with van der Waals surface area (Å²) in [7, 11) is 0. The average molecular weight is 562 g/mol. The van der Waals surface area contributed by atoms with Crippen LogP contribution in [0, 0.1) is 5.82 Å². The van der Waals surface area contributed by atoms with Crippen molar-refractivity contribution in [3.8, 4) is 5.75 Å². The Kier molecular flexibility index (Phi) is 11.3. The van der Waals surface area contributed by atoms with E-state index in [4.69, 9.17) is 9.84 Å². The van der Waals surface area contributed by atoms with Gasteiger partial charge >= 0.3 is 11.9 Å². The number of para-hydroxylation sites is 1. The minimum atomic E-state index is -0.960. The number of hydrogen-bond donors (Lipinski definition) is 2. The number of halogens is 1. The molecule has 6 nitrogen and oxygen atoms in total. The van der Waals surface area contributed by atoms with Crippen LogP contribution in [-0.4, -0.2) is 40.1 Å². The molecule has 0 saturated heterocycles. The zero-order chi connectivity index (χ0) is 29.0. The molecule has 0 unspecified atom stereocenters. The van der Waals surface area contributed by atoms with Gasteiger partial charge in [-0.05, 0) is 85.5 Å². The van der Waals surface area contributed by atoms with E-state index in [9.17, 15) is 19.1 Å². The third-order valence-corrected chi connectivity index (χ3v) is 7.93. The highest BCUT2D eigenvalue weighted by Crippen LogP contribution is 2.33. The van der Waals surface area contributed by atoms with Gasteiger partial charge in [-0.25, -0.2) is 9.18 Å². The summed E-state index contributed by atoms with van der Waals surface area (Å²) in [6.45, 7) is 2.20. The number of nitrogens with zero attached hydrogens (tertiary/aromatic N) is 1. The second-order valence-electron chi connectivity index (χ2n) is 11.0. The zero-order valence-electron chi connectivity index (χ0n) is 23.6. The number of benzene rings is 3. The smallest absolute Gasteiger partial charge is 0.335 e. The number of rotatable bonds is 15. The maximum absolute atomic E-state index is 15.0. The van der Waals surface area contributed by atoms with Crippen molar-refractivity contribution < 1.29 is 28.9 Å². The van der Waals surface area contributed by atoms with E-state index in [-0.39, 0.29) is 24.4 Å². The number of carboxylic acids is 2. The van der Waals surface area contributed by atoms with Gasteiger partial charge in [0.1, 0.15) is 18.2 Å². The number of ether oxygens (including phenoxy) is 1. The normalized spacial score (nSPS) is 13.8. The van der Waals surface area contributed by atoms with E-state index in [0.29, 0.717) is 37.4 Å². The Morgan fingerprint density at radius 1 is 0.878 bits per heavy atom. The molecule has 0 spiro atoms. The summed E-state index contributed by atoms with van der Waals surface area (Å²) in [6.07, 6.45) is 8.13. The van der Waals surface area contributed by atoms with Crippen molar-refractivity contribution in [2.24, 2.45) is 0 Å². The first kappa shape index (κ1) is 30.3. The van der Waals surface area contributed by atoms with Gasteiger partial charge in [0.05, 0.1) is 5.56 Å². The molecule has 1 aliphatic carbocycles. The second kappa shape index (κ2) is 15.3. The molecule has 1 aliphatic rings. The molecular weight excluding hydrogens is 521 g/mol. The van der Waals surface area contributed by atoms with E-state index in [1.54, 1.807) is 18.2 Å². The first-order valence-electron chi connectivity index (χ1n) is 14.6. The molecule has 7 heteroatoms. The summed E-state index contributed by atoms with van der Waals surface area (Å²) < 4.78 is 21.1. The van der Waals surface area contributed by atoms with Gasteiger partial charge in [-0.3, -0.25) is 9.69 Å². The Bertz CT molecular complexity index is 1290. The van der Waals surface area contributed by atoms with Crippen molar-refractivity contribution in [1.29, 1.82) is 0 Å². The van der Waals surface area contributed by atoms with Gasteiger partial charge in [-0.15, -0.1) is 0 Å². The van der Waals surface area contributed by atoms with Crippen molar-refractivity contribution >= 4 is 11.9 Å². The molecule has 4 rings (SSSR count). The molecule has 0 atom stereocenters. The Morgan fingerprint density at radius 3 is 2.34 bits per heavy atom. The molecule has 2 N–H and O–H groups in total. The lowest BCUT2D eigenvalue weighted by Crippen LogP contribution is -2.27. The fourth-order valence-electron chi connectivity index (χ4n) is 5.55. The van der Waals surface area contributed by atoms with Crippen LogP contribution in [-0.2, 0) is 24.4 Å². The van der Waals surface area contributed by atoms with E-state index < -0.39 is 11.9 Å². The lowest BCUT2D eigenvalue weighted by atomic mass is 9.84. The molecular formula is C34H40FNO5. The molecule has 3 aromatic rings. The van der Waals surface area contributed by atoms with Crippen LogP contribution in [0.25, 0.3) is 0 Å². The van der Waals surface area contributed by atoms with E-state index in [1.165, 1.54) is 19.3 Å². The van der Waals surface area contributed by atoms with E-state index >= 15 is 0 Å². The summed E-state index contributed by atoms with van der Waals surface area (Å²) in [4.78, 5) is 24.4. The highest BCUT2D eigenvalue weighted by atomic mass is 19.1. The van der Waals surface area contributed by atoms with Crippen molar-refractivity contribution in [1.82, 2.24) is 4.90 Å². The van der Waals surface area contributed by atoms with Crippen molar-refractivity contribution in [3.05, 3.63) is 100 Å². The molecule has 0 aromatic heterocycles. The number of unbranched alkanes of at least 4 members (excludes halogenated alkanes) is 1. The SMILES string of the molecule is O=C(O)CCCCN(CCc1ccccc1OCc1ccc(C2CCCCC2)cc1F)Cc1ccc(C(=O)O)cc1. The van der Waals surface area contributed by atoms with Crippen LogP contribution in [0.2, 0.25) is 0 Å². The van der Waals surface area contributed by atoms with Gasteiger partial charge in [-0.1, -0.05) is 61.7 Å². The first-order valence-corrected chi connectivity index (χ1v) is 14.6. The topological polar surface area (TPSA) is 87.1 Å². The third kappa shape index (κ3) is 9.42. The Labute approximate surface area is 241 Å². The lowest BCUT2D eigenvalue weighted by Gasteiger charge is -2.23. The standard InChI is InChI=1S/C34H40FNO5/c35-31-22-29(26-8-2-1-3-9-26)17-18-30(31)24-41-32-11-5-4-10-27(32)19-21-36(20-7-6-12-33(37)38)23-25-13-15-28(16-14-25)34(39)40/h4-5,10-11,13-18,22,26H,1-3,6-9,12,19-21,23-24H2,(H,37,38)(H,39,40). The van der Waals surface area contributed by atoms with Crippen LogP contribution in [0.3, 0.4) is 0 Å². The molecule has 0 heterocycles. The highest BCUT2D eigenvalue weighted by molar-refractivity contribution is 5.87. The average Bonchev–Trinajstić information content (AvgIpc) is 2.98. The van der Waals surface area contributed by atoms with Crippen LogP contribution in [0.4, 0.5) is 4.39 Å². The molecule has 0 bridgehead atoms. The minimum absolute atomic E-state index is 0.135. The molecule has 1 fully saturated rings. The lowest BCUT2D eigenvalue weighted by molar-refractivity contribution is -0.137. The molecule has 0 aliphatic heterocycles. The van der Waals surface area contributed by atoms with E-state index in [2.05, 4.69) is 11.0 Å². The second-order valence-corrected chi connectivity index (χ2v) is 11.0. The summed E-state index contributed by atoms with van der Waals surface area (Å²) in [5.41, 5.74) is 3.89. The van der Waals surface area contributed by atoms with Gasteiger partial charge in [0, 0.05) is 25.1 Å². The maximum atomic E-state index is 15.0. The van der Waals surface area contributed by atoms with Crippen LogP contribution in [0.5, 0.6) is 5.75 Å². The van der Waals surface area contributed by atoms with Crippen LogP contribution in [0.1, 0.15) is 89.9 Å². The van der Waals surface area contributed by atoms with E-state index in [0.717, 1.165) is 48.2 Å². The number of aliphatic carboxylic acids is 1. The van der Waals surface area contributed by atoms with E-state index in [1.807, 2.05) is 42.5 Å². The largest absolute Gasteiger partial charge is 0.489 e. The molecule has 41 heavy (non-hydrogen) atoms. The fraction of sp³-hybridized carbons (Fsp3) is 0.412. The van der Waals surface area contributed by atoms with Crippen molar-refractivity contribution in [2.75, 3.05) is 13.1 Å². The van der Waals surface area contributed by atoms with Crippen LogP contribution >= 0.6 is 0 Å². The molecule has 0 radical (unpaired) electrons. The predicted molar refractivity (Wildman–Crippen MR) is 157 cm³/mol.